The lowest BCUT2D eigenvalue weighted by atomic mass is 10.2. The number of aliphatic hydroxyl groups is 1. The second kappa shape index (κ2) is 4.78. The van der Waals surface area contributed by atoms with Crippen molar-refractivity contribution in [2.45, 2.75) is 19.2 Å². The van der Waals surface area contributed by atoms with Crippen LogP contribution in [0.5, 0.6) is 0 Å². The molecule has 0 radical (unpaired) electrons. The molecule has 0 fully saturated rings. The van der Waals surface area contributed by atoms with Gasteiger partial charge in [-0.25, -0.2) is 13.8 Å². The van der Waals surface area contributed by atoms with Gasteiger partial charge in [-0.15, -0.1) is 0 Å². The molecule has 0 atom stereocenters. The van der Waals surface area contributed by atoms with E-state index in [4.69, 9.17) is 5.11 Å². The molecule has 0 spiro atoms. The minimum absolute atomic E-state index is 0.428. The molecule has 8 heteroatoms. The van der Waals surface area contributed by atoms with Crippen LogP contribution in [-0.4, -0.2) is 10.1 Å². The van der Waals surface area contributed by atoms with Gasteiger partial charge in [-0.3, -0.25) is 0 Å². The number of hydrogen-bond acceptors (Lipinski definition) is 2. The maximum absolute atomic E-state index is 12.4. The van der Waals surface area contributed by atoms with Crippen LogP contribution in [0.1, 0.15) is 23.4 Å². The van der Waals surface area contributed by atoms with Gasteiger partial charge in [-0.05, 0) is 28.7 Å². The van der Waals surface area contributed by atoms with Crippen molar-refractivity contribution in [1.29, 1.82) is 0 Å². The highest BCUT2D eigenvalue weighted by Crippen LogP contribution is 2.36. The molecule has 2 nitrogen and oxygen atoms in total. The Hall–Kier alpha value is -0.510. The molecule has 0 amide bonds. The largest absolute Gasteiger partial charge is 0.417 e. The molecular formula is C8H5F5INO. The summed E-state index contributed by atoms with van der Waals surface area (Å²) in [6.07, 6.45) is -7.85. The number of aromatic nitrogens is 1. The Morgan fingerprint density at radius 3 is 2.31 bits per heavy atom. The van der Waals surface area contributed by atoms with Crippen molar-refractivity contribution in [2.75, 3.05) is 0 Å². The predicted molar refractivity (Wildman–Crippen MR) is 52.8 cm³/mol. The molecular weight excluding hydrogens is 348 g/mol. The van der Waals surface area contributed by atoms with E-state index in [1.165, 1.54) is 22.6 Å². The average molecular weight is 353 g/mol. The van der Waals surface area contributed by atoms with Crippen molar-refractivity contribution in [3.8, 4) is 0 Å². The third kappa shape index (κ3) is 2.78. The molecule has 0 aliphatic heterocycles. The molecule has 1 heterocycles. The predicted octanol–water partition coefficient (Wildman–Crippen LogP) is 3.13. The van der Waals surface area contributed by atoms with Crippen LogP contribution in [0.2, 0.25) is 0 Å². The quantitative estimate of drug-likeness (QED) is 0.655. The molecule has 0 saturated heterocycles. The van der Waals surface area contributed by atoms with E-state index in [-0.39, 0.29) is 0 Å². The summed E-state index contributed by atoms with van der Waals surface area (Å²) in [6, 6.07) is 0.563. The van der Waals surface area contributed by atoms with Crippen LogP contribution >= 0.6 is 22.6 Å². The van der Waals surface area contributed by atoms with Crippen LogP contribution in [0.3, 0.4) is 0 Å². The number of aliphatic hydroxyl groups excluding tert-OH is 1. The molecule has 0 aliphatic rings. The smallest absolute Gasteiger partial charge is 0.390 e. The lowest BCUT2D eigenvalue weighted by Gasteiger charge is -2.13. The van der Waals surface area contributed by atoms with Gasteiger partial charge in [0.15, 0.2) is 0 Å². The first-order valence-electron chi connectivity index (χ1n) is 3.93. The fourth-order valence-corrected chi connectivity index (χ4v) is 1.85. The van der Waals surface area contributed by atoms with E-state index in [2.05, 4.69) is 4.98 Å². The van der Waals surface area contributed by atoms with Gasteiger partial charge in [0, 0.05) is 0 Å². The molecule has 0 aliphatic carbocycles. The maximum Gasteiger partial charge on any atom is 0.417 e. The molecule has 0 bridgehead atoms. The molecule has 0 unspecified atom stereocenters. The first-order valence-corrected chi connectivity index (χ1v) is 5.00. The molecule has 1 aromatic heterocycles. The molecule has 16 heavy (non-hydrogen) atoms. The van der Waals surface area contributed by atoms with Crippen LogP contribution < -0.4 is 0 Å². The van der Waals surface area contributed by atoms with Crippen LogP contribution in [0.25, 0.3) is 0 Å². The van der Waals surface area contributed by atoms with Gasteiger partial charge in [0.05, 0.1) is 21.4 Å². The van der Waals surface area contributed by atoms with E-state index >= 15 is 0 Å². The summed E-state index contributed by atoms with van der Waals surface area (Å²) in [5.74, 6) is 0. The summed E-state index contributed by atoms with van der Waals surface area (Å²) in [6.45, 7) is -0.820. The monoisotopic (exact) mass is 353 g/mol. The van der Waals surface area contributed by atoms with E-state index in [0.717, 1.165) is 0 Å². The van der Waals surface area contributed by atoms with Gasteiger partial charge in [-0.2, -0.15) is 13.2 Å². The highest BCUT2D eigenvalue weighted by Gasteiger charge is 2.36. The van der Waals surface area contributed by atoms with Crippen molar-refractivity contribution < 1.29 is 27.1 Å². The van der Waals surface area contributed by atoms with Gasteiger partial charge in [-0.1, -0.05) is 0 Å². The standard InChI is InChI=1S/C8H5F5INO/c9-7(10)6-5(14)4(8(11,12)13)1-3(2-16)15-6/h1,7,16H,2H2. The number of hydrogen-bond donors (Lipinski definition) is 1. The fraction of sp³-hybridized carbons (Fsp3) is 0.375. The van der Waals surface area contributed by atoms with Gasteiger partial charge < -0.3 is 5.11 Å². The Kier molecular flexibility index (Phi) is 4.05. The third-order valence-electron chi connectivity index (χ3n) is 1.71. The maximum atomic E-state index is 12.4. The molecule has 1 N–H and O–H groups in total. The summed E-state index contributed by atoms with van der Waals surface area (Å²) in [4.78, 5) is 3.26. The second-order valence-electron chi connectivity index (χ2n) is 2.82. The molecule has 1 aromatic rings. The third-order valence-corrected chi connectivity index (χ3v) is 2.84. The minimum Gasteiger partial charge on any atom is -0.390 e. The number of rotatable bonds is 2. The summed E-state index contributed by atoms with van der Waals surface area (Å²) >= 11 is 1.17. The second-order valence-corrected chi connectivity index (χ2v) is 3.90. The average Bonchev–Trinajstić information content (AvgIpc) is 2.15. The van der Waals surface area contributed by atoms with Crippen molar-refractivity contribution in [2.24, 2.45) is 0 Å². The fourth-order valence-electron chi connectivity index (χ4n) is 1.04. The van der Waals surface area contributed by atoms with Crippen molar-refractivity contribution >= 4 is 22.6 Å². The first kappa shape index (κ1) is 13.6. The van der Waals surface area contributed by atoms with Gasteiger partial charge in [0.1, 0.15) is 5.69 Å². The van der Waals surface area contributed by atoms with Gasteiger partial charge >= 0.3 is 6.18 Å². The Balaban J connectivity index is 3.44. The zero-order valence-corrected chi connectivity index (χ0v) is 9.68. The number of alkyl halides is 5. The summed E-state index contributed by atoms with van der Waals surface area (Å²) < 4.78 is 61.5. The molecule has 90 valence electrons. The van der Waals surface area contributed by atoms with Crippen LogP contribution in [0.4, 0.5) is 22.0 Å². The molecule has 1 rings (SSSR count). The Morgan fingerprint density at radius 2 is 1.94 bits per heavy atom. The number of nitrogens with zero attached hydrogens (tertiary/aromatic N) is 1. The van der Waals surface area contributed by atoms with Crippen molar-refractivity contribution in [3.05, 3.63) is 26.6 Å². The normalized spacial score (nSPS) is 12.2. The summed E-state index contributed by atoms with van der Waals surface area (Å²) in [5, 5.41) is 8.65. The molecule has 0 saturated carbocycles. The van der Waals surface area contributed by atoms with E-state index < -0.39 is 39.7 Å². The van der Waals surface area contributed by atoms with Crippen molar-refractivity contribution in [1.82, 2.24) is 4.98 Å². The Labute approximate surface area is 101 Å². The summed E-state index contributed by atoms with van der Waals surface area (Å²) in [5.41, 5.74) is -2.59. The highest BCUT2D eigenvalue weighted by molar-refractivity contribution is 14.1. The van der Waals surface area contributed by atoms with Gasteiger partial charge in [0.25, 0.3) is 6.43 Å². The SMILES string of the molecule is OCc1cc(C(F)(F)F)c(I)c(C(F)F)n1. The van der Waals surface area contributed by atoms with Crippen molar-refractivity contribution in [3.63, 3.8) is 0 Å². The Morgan fingerprint density at radius 1 is 1.38 bits per heavy atom. The lowest BCUT2D eigenvalue weighted by Crippen LogP contribution is -2.13. The van der Waals surface area contributed by atoms with Crippen LogP contribution in [-0.2, 0) is 12.8 Å². The van der Waals surface area contributed by atoms with E-state index in [9.17, 15) is 22.0 Å². The van der Waals surface area contributed by atoms with Crippen LogP contribution in [0, 0.1) is 3.57 Å². The van der Waals surface area contributed by atoms with E-state index in [1.54, 1.807) is 0 Å². The van der Waals surface area contributed by atoms with E-state index in [0.29, 0.717) is 6.07 Å². The van der Waals surface area contributed by atoms with Gasteiger partial charge in [0.2, 0.25) is 0 Å². The van der Waals surface area contributed by atoms with Crippen LogP contribution in [0.15, 0.2) is 6.07 Å². The number of pyridine rings is 1. The topological polar surface area (TPSA) is 33.1 Å². The zero-order chi connectivity index (χ0) is 12.5. The highest BCUT2D eigenvalue weighted by atomic mass is 127. The zero-order valence-electron chi connectivity index (χ0n) is 7.52. The number of halogens is 6. The lowest BCUT2D eigenvalue weighted by molar-refractivity contribution is -0.138. The summed E-state index contributed by atoms with van der Waals surface area (Å²) in [7, 11) is 0. The Bertz CT molecular complexity index is 393. The molecule has 0 aromatic carbocycles. The minimum atomic E-state index is -4.74. The van der Waals surface area contributed by atoms with E-state index in [1.807, 2.05) is 0 Å². The first-order chi connectivity index (χ1) is 7.27.